The molecule has 1 aromatic rings. The van der Waals surface area contributed by atoms with Crippen molar-refractivity contribution in [3.8, 4) is 0 Å². The largest absolute Gasteiger partial charge is 0.388 e. The first-order valence-electron chi connectivity index (χ1n) is 5.89. The molecule has 2 atom stereocenters. The normalized spacial score (nSPS) is 21.5. The third kappa shape index (κ3) is 2.39. The van der Waals surface area contributed by atoms with Crippen molar-refractivity contribution in [2.45, 2.75) is 32.3 Å². The predicted octanol–water partition coefficient (Wildman–Crippen LogP) is 3.66. The second kappa shape index (κ2) is 4.96. The first-order valence-corrected chi connectivity index (χ1v) is 5.89. The monoisotopic (exact) mass is 238 g/mol. The molecule has 2 unspecified atom stereocenters. The third-order valence-corrected chi connectivity index (χ3v) is 3.37. The molecular weight excluding hydrogens is 222 g/mol. The van der Waals surface area contributed by atoms with Crippen LogP contribution in [0.4, 0.5) is 8.78 Å². The van der Waals surface area contributed by atoms with Crippen LogP contribution < -0.4 is 0 Å². The number of benzene rings is 1. The van der Waals surface area contributed by atoms with Crippen LogP contribution in [0.2, 0.25) is 0 Å². The second-order valence-corrected chi connectivity index (χ2v) is 4.58. The van der Waals surface area contributed by atoms with E-state index in [2.05, 4.69) is 0 Å². The van der Waals surface area contributed by atoms with Crippen molar-refractivity contribution in [3.63, 3.8) is 0 Å². The molecule has 0 spiro atoms. The van der Waals surface area contributed by atoms with Crippen molar-refractivity contribution >= 4 is 0 Å². The van der Waals surface area contributed by atoms with Crippen molar-refractivity contribution in [2.24, 2.45) is 5.92 Å². The number of aliphatic hydroxyl groups is 1. The Labute approximate surface area is 99.8 Å². The highest BCUT2D eigenvalue weighted by atomic mass is 19.1. The molecule has 0 aliphatic heterocycles. The van der Waals surface area contributed by atoms with Crippen molar-refractivity contribution in [2.75, 3.05) is 0 Å². The SMILES string of the molecule is Cc1ccc(F)c(C(O)C2CC=CCC2)c1F. The molecule has 1 aromatic carbocycles. The highest BCUT2D eigenvalue weighted by Crippen LogP contribution is 2.34. The zero-order valence-electron chi connectivity index (χ0n) is 9.79. The van der Waals surface area contributed by atoms with Crippen LogP contribution in [0.25, 0.3) is 0 Å². The van der Waals surface area contributed by atoms with E-state index in [0.717, 1.165) is 12.8 Å². The lowest BCUT2D eigenvalue weighted by molar-refractivity contribution is 0.0948. The summed E-state index contributed by atoms with van der Waals surface area (Å²) < 4.78 is 27.5. The Morgan fingerprint density at radius 3 is 2.71 bits per heavy atom. The van der Waals surface area contributed by atoms with Gasteiger partial charge in [-0.05, 0) is 43.7 Å². The van der Waals surface area contributed by atoms with Gasteiger partial charge in [0.15, 0.2) is 0 Å². The van der Waals surface area contributed by atoms with Gasteiger partial charge >= 0.3 is 0 Å². The van der Waals surface area contributed by atoms with Crippen LogP contribution in [-0.4, -0.2) is 5.11 Å². The van der Waals surface area contributed by atoms with E-state index in [-0.39, 0.29) is 11.5 Å². The summed E-state index contributed by atoms with van der Waals surface area (Å²) >= 11 is 0. The van der Waals surface area contributed by atoms with Gasteiger partial charge in [0.1, 0.15) is 11.6 Å². The highest BCUT2D eigenvalue weighted by molar-refractivity contribution is 5.29. The Kier molecular flexibility index (Phi) is 3.57. The first kappa shape index (κ1) is 12.2. The van der Waals surface area contributed by atoms with E-state index < -0.39 is 17.7 Å². The van der Waals surface area contributed by atoms with Gasteiger partial charge in [-0.25, -0.2) is 8.78 Å². The van der Waals surface area contributed by atoms with E-state index in [1.54, 1.807) is 6.92 Å². The number of hydrogen-bond donors (Lipinski definition) is 1. The van der Waals surface area contributed by atoms with Crippen LogP contribution in [0.5, 0.6) is 0 Å². The summed E-state index contributed by atoms with van der Waals surface area (Å²) in [6, 6.07) is 2.61. The summed E-state index contributed by atoms with van der Waals surface area (Å²) in [4.78, 5) is 0. The van der Waals surface area contributed by atoms with E-state index in [1.165, 1.54) is 12.1 Å². The van der Waals surface area contributed by atoms with Crippen LogP contribution in [0.3, 0.4) is 0 Å². The Bertz CT molecular complexity index is 440. The van der Waals surface area contributed by atoms with Gasteiger partial charge in [-0.15, -0.1) is 0 Å². The second-order valence-electron chi connectivity index (χ2n) is 4.58. The maximum Gasteiger partial charge on any atom is 0.134 e. The maximum atomic E-state index is 13.8. The fraction of sp³-hybridized carbons (Fsp3) is 0.429. The van der Waals surface area contributed by atoms with E-state index in [9.17, 15) is 13.9 Å². The summed E-state index contributed by atoms with van der Waals surface area (Å²) in [6.45, 7) is 1.58. The number of allylic oxidation sites excluding steroid dienone is 2. The van der Waals surface area contributed by atoms with Gasteiger partial charge in [-0.3, -0.25) is 0 Å². The molecule has 3 heteroatoms. The summed E-state index contributed by atoms with van der Waals surface area (Å²) in [5, 5.41) is 10.1. The Morgan fingerprint density at radius 2 is 2.06 bits per heavy atom. The zero-order chi connectivity index (χ0) is 12.4. The molecule has 0 amide bonds. The van der Waals surface area contributed by atoms with E-state index in [4.69, 9.17) is 0 Å². The Balaban J connectivity index is 2.32. The van der Waals surface area contributed by atoms with Crippen LogP contribution in [0.1, 0.15) is 36.5 Å². The number of halogens is 2. The van der Waals surface area contributed by atoms with E-state index in [1.807, 2.05) is 12.2 Å². The summed E-state index contributed by atoms with van der Waals surface area (Å²) in [6.07, 6.45) is 5.24. The molecule has 92 valence electrons. The van der Waals surface area contributed by atoms with E-state index in [0.29, 0.717) is 12.0 Å². The minimum absolute atomic E-state index is 0.0919. The van der Waals surface area contributed by atoms with Crippen LogP contribution in [0, 0.1) is 24.5 Å². The molecule has 0 saturated carbocycles. The van der Waals surface area contributed by atoms with Crippen molar-refractivity contribution in [1.29, 1.82) is 0 Å². The summed E-state index contributed by atoms with van der Waals surface area (Å²) in [5.41, 5.74) is 0.192. The van der Waals surface area contributed by atoms with Crippen molar-refractivity contribution in [3.05, 3.63) is 47.0 Å². The average molecular weight is 238 g/mol. The van der Waals surface area contributed by atoms with Crippen LogP contribution in [0.15, 0.2) is 24.3 Å². The molecule has 0 aromatic heterocycles. The molecular formula is C14H16F2O. The standard InChI is InChI=1S/C14H16F2O/c1-9-7-8-11(15)12(13(9)16)14(17)10-5-3-2-4-6-10/h2-3,7-8,10,14,17H,4-6H2,1H3. The molecule has 1 aliphatic carbocycles. The van der Waals surface area contributed by atoms with Gasteiger partial charge in [0.05, 0.1) is 11.7 Å². The Morgan fingerprint density at radius 1 is 1.29 bits per heavy atom. The number of aliphatic hydroxyl groups excluding tert-OH is 1. The number of aryl methyl sites for hydroxylation is 1. The fourth-order valence-corrected chi connectivity index (χ4v) is 2.29. The van der Waals surface area contributed by atoms with Gasteiger partial charge in [0.25, 0.3) is 0 Å². The number of hydrogen-bond acceptors (Lipinski definition) is 1. The molecule has 0 fully saturated rings. The fourth-order valence-electron chi connectivity index (χ4n) is 2.29. The van der Waals surface area contributed by atoms with E-state index >= 15 is 0 Å². The quantitative estimate of drug-likeness (QED) is 0.779. The van der Waals surface area contributed by atoms with Crippen LogP contribution >= 0.6 is 0 Å². The molecule has 1 nitrogen and oxygen atoms in total. The summed E-state index contributed by atoms with van der Waals surface area (Å²) in [7, 11) is 0. The molecule has 0 heterocycles. The lowest BCUT2D eigenvalue weighted by Crippen LogP contribution is -2.17. The van der Waals surface area contributed by atoms with Crippen molar-refractivity contribution in [1.82, 2.24) is 0 Å². The van der Waals surface area contributed by atoms with Crippen LogP contribution in [-0.2, 0) is 0 Å². The molecule has 0 radical (unpaired) electrons. The van der Waals surface area contributed by atoms with Gasteiger partial charge < -0.3 is 5.11 Å². The smallest absolute Gasteiger partial charge is 0.134 e. The average Bonchev–Trinajstić information content (AvgIpc) is 2.35. The molecule has 0 bridgehead atoms. The van der Waals surface area contributed by atoms with Gasteiger partial charge in [0.2, 0.25) is 0 Å². The molecule has 17 heavy (non-hydrogen) atoms. The minimum atomic E-state index is -1.06. The maximum absolute atomic E-state index is 13.8. The minimum Gasteiger partial charge on any atom is -0.388 e. The molecule has 1 N–H and O–H groups in total. The third-order valence-electron chi connectivity index (χ3n) is 3.37. The first-order chi connectivity index (χ1) is 8.11. The molecule has 2 rings (SSSR count). The molecule has 0 saturated heterocycles. The Hall–Kier alpha value is -1.22. The number of rotatable bonds is 2. The predicted molar refractivity (Wildman–Crippen MR) is 62.5 cm³/mol. The summed E-state index contributed by atoms with van der Waals surface area (Å²) in [5.74, 6) is -1.37. The lowest BCUT2D eigenvalue weighted by Gasteiger charge is -2.25. The van der Waals surface area contributed by atoms with Gasteiger partial charge in [0, 0.05) is 0 Å². The van der Waals surface area contributed by atoms with Crippen molar-refractivity contribution < 1.29 is 13.9 Å². The topological polar surface area (TPSA) is 20.2 Å². The lowest BCUT2D eigenvalue weighted by atomic mass is 9.85. The molecule has 1 aliphatic rings. The highest BCUT2D eigenvalue weighted by Gasteiger charge is 2.27. The zero-order valence-corrected chi connectivity index (χ0v) is 9.79. The van der Waals surface area contributed by atoms with Gasteiger partial charge in [-0.1, -0.05) is 18.2 Å². The van der Waals surface area contributed by atoms with Gasteiger partial charge in [-0.2, -0.15) is 0 Å².